The summed E-state index contributed by atoms with van der Waals surface area (Å²) in [6.07, 6.45) is 2.41. The Balaban J connectivity index is 1.66. The molecule has 3 heterocycles. The maximum absolute atomic E-state index is 12.4. The number of furan rings is 1. The number of aryl methyl sites for hydroxylation is 1. The normalized spacial score (nSPS) is 20.6. The molecule has 0 radical (unpaired) electrons. The molecule has 1 saturated heterocycles. The smallest absolute Gasteiger partial charge is 0.230 e. The number of nitrogens with zero attached hydrogens (tertiary/aromatic N) is 3. The van der Waals surface area contributed by atoms with Crippen molar-refractivity contribution in [1.82, 2.24) is 20.1 Å². The van der Waals surface area contributed by atoms with Crippen LogP contribution in [-0.4, -0.2) is 57.8 Å². The second-order valence-electron chi connectivity index (χ2n) is 7.27. The SMILES string of the molecule is CC1(NC(=O)CSc2nnc(CCC(N)=O)n2Cc2ccco2)CCS(=O)(=O)C1. The summed E-state index contributed by atoms with van der Waals surface area (Å²) in [5, 5.41) is 11.6. The van der Waals surface area contributed by atoms with Gasteiger partial charge in [-0.25, -0.2) is 8.42 Å². The van der Waals surface area contributed by atoms with Gasteiger partial charge >= 0.3 is 0 Å². The van der Waals surface area contributed by atoms with Crippen molar-refractivity contribution in [2.45, 2.75) is 43.4 Å². The monoisotopic (exact) mass is 441 g/mol. The minimum atomic E-state index is -3.11. The molecule has 3 rings (SSSR count). The first kappa shape index (κ1) is 21.4. The van der Waals surface area contributed by atoms with Crippen molar-refractivity contribution in [3.05, 3.63) is 30.0 Å². The van der Waals surface area contributed by atoms with Crippen molar-refractivity contribution in [2.24, 2.45) is 5.73 Å². The lowest BCUT2D eigenvalue weighted by Gasteiger charge is -2.23. The van der Waals surface area contributed by atoms with Crippen molar-refractivity contribution in [3.63, 3.8) is 0 Å². The quantitative estimate of drug-likeness (QED) is 0.521. The minimum Gasteiger partial charge on any atom is -0.467 e. The molecule has 1 aliphatic heterocycles. The zero-order valence-electron chi connectivity index (χ0n) is 16.0. The van der Waals surface area contributed by atoms with E-state index in [1.807, 2.05) is 0 Å². The average molecular weight is 442 g/mol. The second kappa shape index (κ2) is 8.57. The highest BCUT2D eigenvalue weighted by Crippen LogP contribution is 2.24. The Bertz CT molecular complexity index is 986. The highest BCUT2D eigenvalue weighted by molar-refractivity contribution is 7.99. The van der Waals surface area contributed by atoms with Crippen LogP contribution in [0.4, 0.5) is 0 Å². The van der Waals surface area contributed by atoms with E-state index in [0.29, 0.717) is 36.1 Å². The molecule has 1 fully saturated rings. The van der Waals surface area contributed by atoms with E-state index in [1.54, 1.807) is 29.9 Å². The lowest BCUT2D eigenvalue weighted by Crippen LogP contribution is -2.47. The molecule has 1 aliphatic rings. The largest absolute Gasteiger partial charge is 0.467 e. The third kappa shape index (κ3) is 5.82. The van der Waals surface area contributed by atoms with E-state index in [4.69, 9.17) is 10.2 Å². The molecule has 0 aromatic carbocycles. The van der Waals surface area contributed by atoms with Crippen molar-refractivity contribution in [2.75, 3.05) is 17.3 Å². The highest BCUT2D eigenvalue weighted by atomic mass is 32.2. The number of aromatic nitrogens is 3. The first-order valence-corrected chi connectivity index (χ1v) is 11.8. The molecule has 2 amide bonds. The topological polar surface area (TPSA) is 150 Å². The summed E-state index contributed by atoms with van der Waals surface area (Å²) in [6.45, 7) is 2.09. The molecule has 0 bridgehead atoms. The zero-order chi connectivity index (χ0) is 21.1. The summed E-state index contributed by atoms with van der Waals surface area (Å²) in [6, 6.07) is 3.57. The Morgan fingerprint density at radius 1 is 1.41 bits per heavy atom. The summed E-state index contributed by atoms with van der Waals surface area (Å²) in [5.74, 6) is 0.616. The molecule has 1 unspecified atom stereocenters. The summed E-state index contributed by atoms with van der Waals surface area (Å²) in [7, 11) is -3.11. The molecule has 0 saturated carbocycles. The van der Waals surface area contributed by atoms with Crippen LogP contribution in [0.3, 0.4) is 0 Å². The molecule has 0 aliphatic carbocycles. The fourth-order valence-electron chi connectivity index (χ4n) is 3.17. The molecule has 0 spiro atoms. The first-order valence-electron chi connectivity index (χ1n) is 9.03. The summed E-state index contributed by atoms with van der Waals surface area (Å²) in [5.41, 5.74) is 4.48. The van der Waals surface area contributed by atoms with Gasteiger partial charge in [0, 0.05) is 12.8 Å². The second-order valence-corrected chi connectivity index (χ2v) is 10.4. The summed E-state index contributed by atoms with van der Waals surface area (Å²) < 4.78 is 30.5. The predicted octanol–water partition coefficient (Wildman–Crippen LogP) is 0.123. The fourth-order valence-corrected chi connectivity index (χ4v) is 6.02. The van der Waals surface area contributed by atoms with Crippen LogP contribution in [0.1, 0.15) is 31.4 Å². The average Bonchev–Trinajstić information content (AvgIpc) is 3.32. The number of carbonyl (C=O) groups excluding carboxylic acids is 2. The van der Waals surface area contributed by atoms with Gasteiger partial charge in [-0.1, -0.05) is 11.8 Å². The lowest BCUT2D eigenvalue weighted by atomic mass is 10.0. The minimum absolute atomic E-state index is 0.0532. The molecular formula is C17H23N5O5S2. The Kier molecular flexibility index (Phi) is 6.32. The number of rotatable bonds is 9. The van der Waals surface area contributed by atoms with E-state index in [1.165, 1.54) is 11.8 Å². The van der Waals surface area contributed by atoms with E-state index in [9.17, 15) is 18.0 Å². The van der Waals surface area contributed by atoms with E-state index in [0.717, 1.165) is 0 Å². The number of carbonyl (C=O) groups is 2. The Labute approximate surface area is 172 Å². The number of sulfone groups is 1. The van der Waals surface area contributed by atoms with Crippen molar-refractivity contribution in [1.29, 1.82) is 0 Å². The van der Waals surface area contributed by atoms with Gasteiger partial charge in [-0.3, -0.25) is 14.2 Å². The van der Waals surface area contributed by atoms with Crippen LogP contribution in [0.25, 0.3) is 0 Å². The maximum Gasteiger partial charge on any atom is 0.230 e. The highest BCUT2D eigenvalue weighted by Gasteiger charge is 2.39. The van der Waals surface area contributed by atoms with Crippen molar-refractivity contribution < 1.29 is 22.4 Å². The van der Waals surface area contributed by atoms with Gasteiger partial charge in [0.15, 0.2) is 15.0 Å². The fraction of sp³-hybridized carbons (Fsp3) is 0.529. The van der Waals surface area contributed by atoms with E-state index in [-0.39, 0.29) is 29.6 Å². The third-order valence-corrected chi connectivity index (χ3v) is 7.43. The van der Waals surface area contributed by atoms with Crippen LogP contribution < -0.4 is 11.1 Å². The zero-order valence-corrected chi connectivity index (χ0v) is 17.6. The van der Waals surface area contributed by atoms with Gasteiger partial charge in [-0.15, -0.1) is 10.2 Å². The number of nitrogens with two attached hydrogens (primary N) is 1. The lowest BCUT2D eigenvalue weighted by molar-refractivity contribution is -0.120. The number of nitrogens with one attached hydrogen (secondary N) is 1. The van der Waals surface area contributed by atoms with E-state index in [2.05, 4.69) is 15.5 Å². The van der Waals surface area contributed by atoms with Gasteiger partial charge in [0.05, 0.1) is 35.6 Å². The van der Waals surface area contributed by atoms with E-state index >= 15 is 0 Å². The van der Waals surface area contributed by atoms with Crippen LogP contribution in [0.2, 0.25) is 0 Å². The van der Waals surface area contributed by atoms with Crippen LogP contribution >= 0.6 is 11.8 Å². The van der Waals surface area contributed by atoms with Crippen LogP contribution in [0.5, 0.6) is 0 Å². The number of hydrogen-bond acceptors (Lipinski definition) is 8. The molecule has 29 heavy (non-hydrogen) atoms. The molecule has 158 valence electrons. The number of thioether (sulfide) groups is 1. The standard InChI is InChI=1S/C17H23N5O5S2/c1-17(6-8-29(25,26)11-17)19-15(24)10-28-16-21-20-14(5-4-13(18)23)22(16)9-12-3-2-7-27-12/h2-3,7H,4-6,8-11H2,1H3,(H2,18,23)(H,19,24). The van der Waals surface area contributed by atoms with Gasteiger partial charge in [0.2, 0.25) is 11.8 Å². The summed E-state index contributed by atoms with van der Waals surface area (Å²) in [4.78, 5) is 23.5. The van der Waals surface area contributed by atoms with Gasteiger partial charge in [-0.2, -0.15) is 0 Å². The van der Waals surface area contributed by atoms with Crippen molar-refractivity contribution >= 4 is 33.4 Å². The molecule has 12 heteroatoms. The predicted molar refractivity (Wildman–Crippen MR) is 106 cm³/mol. The molecular weight excluding hydrogens is 418 g/mol. The number of primary amides is 1. The summed E-state index contributed by atoms with van der Waals surface area (Å²) >= 11 is 1.18. The van der Waals surface area contributed by atoms with Crippen LogP contribution in [0.15, 0.2) is 28.0 Å². The molecule has 10 nitrogen and oxygen atoms in total. The molecule has 3 N–H and O–H groups in total. The van der Waals surface area contributed by atoms with Gasteiger partial charge < -0.3 is 15.5 Å². The Morgan fingerprint density at radius 3 is 2.83 bits per heavy atom. The van der Waals surface area contributed by atoms with E-state index < -0.39 is 21.3 Å². The van der Waals surface area contributed by atoms with Crippen LogP contribution in [-0.2, 0) is 32.4 Å². The third-order valence-electron chi connectivity index (χ3n) is 4.56. The maximum atomic E-state index is 12.4. The van der Waals surface area contributed by atoms with Crippen molar-refractivity contribution in [3.8, 4) is 0 Å². The van der Waals surface area contributed by atoms with Gasteiger partial charge in [0.1, 0.15) is 11.6 Å². The Hall–Kier alpha value is -2.34. The van der Waals surface area contributed by atoms with Crippen LogP contribution in [0, 0.1) is 0 Å². The number of hydrogen-bond donors (Lipinski definition) is 2. The number of amides is 2. The molecule has 2 aromatic heterocycles. The Morgan fingerprint density at radius 2 is 2.21 bits per heavy atom. The van der Waals surface area contributed by atoms with Gasteiger partial charge in [0.25, 0.3) is 0 Å². The first-order chi connectivity index (χ1) is 13.7. The van der Waals surface area contributed by atoms with Gasteiger partial charge in [-0.05, 0) is 25.5 Å². The molecule has 2 aromatic rings. The molecule has 1 atom stereocenters.